The molecule has 2 aromatic rings. The molecule has 2 atom stereocenters. The number of carbonyl (C=O) groups is 1. The number of thioether (sulfide) groups is 1. The zero-order valence-corrected chi connectivity index (χ0v) is 18.3. The predicted octanol–water partition coefficient (Wildman–Crippen LogP) is 3.47. The quantitative estimate of drug-likeness (QED) is 0.684. The molecule has 0 aromatic heterocycles. The summed E-state index contributed by atoms with van der Waals surface area (Å²) in [6.07, 6.45) is 0. The minimum absolute atomic E-state index is 0.00165. The normalized spacial score (nSPS) is 23.6. The van der Waals surface area contributed by atoms with Gasteiger partial charge in [0.25, 0.3) is 5.91 Å². The van der Waals surface area contributed by atoms with E-state index in [1.165, 1.54) is 17.8 Å². The summed E-state index contributed by atoms with van der Waals surface area (Å²) in [5, 5.41) is 0.648. The fraction of sp³-hybridized carbons (Fsp3) is 0.300. The number of halogens is 2. The highest BCUT2D eigenvalue weighted by atomic mass is 35.5. The van der Waals surface area contributed by atoms with Gasteiger partial charge in [-0.3, -0.25) is 4.79 Å². The van der Waals surface area contributed by atoms with E-state index in [2.05, 4.69) is 4.99 Å². The summed E-state index contributed by atoms with van der Waals surface area (Å²) < 4.78 is 43.8. The monoisotopic (exact) mass is 468 g/mol. The van der Waals surface area contributed by atoms with Gasteiger partial charge in [-0.1, -0.05) is 29.4 Å². The van der Waals surface area contributed by atoms with Gasteiger partial charge < -0.3 is 9.64 Å². The summed E-state index contributed by atoms with van der Waals surface area (Å²) in [5.74, 6) is -0.505. The van der Waals surface area contributed by atoms with E-state index >= 15 is 0 Å². The van der Waals surface area contributed by atoms with Crippen molar-refractivity contribution in [1.29, 1.82) is 0 Å². The number of ether oxygens (including phenoxy) is 1. The first-order valence-electron chi connectivity index (χ1n) is 9.14. The minimum atomic E-state index is -3.20. The van der Waals surface area contributed by atoms with E-state index in [4.69, 9.17) is 16.3 Å². The lowest BCUT2D eigenvalue weighted by atomic mass is 10.1. The molecule has 6 nitrogen and oxygen atoms in total. The van der Waals surface area contributed by atoms with Gasteiger partial charge in [0.1, 0.15) is 11.6 Å². The number of nitrogens with zero attached hydrogens (tertiary/aromatic N) is 2. The summed E-state index contributed by atoms with van der Waals surface area (Å²) in [5.41, 5.74) is 0.951. The number of fused-ring (bicyclic) bond motifs is 1. The molecule has 1 amide bonds. The van der Waals surface area contributed by atoms with Crippen molar-refractivity contribution in [2.45, 2.75) is 18.2 Å². The van der Waals surface area contributed by atoms with E-state index in [0.29, 0.717) is 27.2 Å². The molecule has 4 rings (SSSR count). The van der Waals surface area contributed by atoms with Crippen molar-refractivity contribution in [3.05, 3.63) is 58.9 Å². The Morgan fingerprint density at radius 1 is 1.27 bits per heavy atom. The van der Waals surface area contributed by atoms with Crippen LogP contribution in [0.15, 0.2) is 47.5 Å². The molecule has 2 heterocycles. The Hall–Kier alpha value is -2.10. The van der Waals surface area contributed by atoms with Crippen LogP contribution in [-0.4, -0.2) is 48.9 Å². The molecule has 10 heteroatoms. The number of benzene rings is 2. The van der Waals surface area contributed by atoms with Gasteiger partial charge in [-0.2, -0.15) is 4.99 Å². The fourth-order valence-corrected chi connectivity index (χ4v) is 7.47. The predicted molar refractivity (Wildman–Crippen MR) is 117 cm³/mol. The Balaban J connectivity index is 1.57. The molecule has 0 spiro atoms. The Morgan fingerprint density at radius 2 is 2.00 bits per heavy atom. The first-order chi connectivity index (χ1) is 14.2. The fourth-order valence-electron chi connectivity index (χ4n) is 3.41. The highest BCUT2D eigenvalue weighted by molar-refractivity contribution is 8.16. The van der Waals surface area contributed by atoms with Crippen molar-refractivity contribution in [2.75, 3.05) is 23.0 Å². The summed E-state index contributed by atoms with van der Waals surface area (Å²) >= 11 is 7.06. The van der Waals surface area contributed by atoms with Gasteiger partial charge in [0.15, 0.2) is 21.6 Å². The molecule has 2 aliphatic rings. The molecule has 0 saturated carbocycles. The number of amidine groups is 1. The number of aryl methyl sites for hydroxylation is 1. The van der Waals surface area contributed by atoms with Crippen LogP contribution in [0.5, 0.6) is 5.75 Å². The Kier molecular flexibility index (Phi) is 5.78. The van der Waals surface area contributed by atoms with Crippen molar-refractivity contribution in [1.82, 2.24) is 0 Å². The molecule has 30 heavy (non-hydrogen) atoms. The number of rotatable bonds is 4. The smallest absolute Gasteiger partial charge is 0.285 e. The topological polar surface area (TPSA) is 76.0 Å². The van der Waals surface area contributed by atoms with Gasteiger partial charge in [0.05, 0.1) is 17.5 Å². The lowest BCUT2D eigenvalue weighted by Crippen LogP contribution is -2.38. The molecule has 0 bridgehead atoms. The maximum absolute atomic E-state index is 14.2. The van der Waals surface area contributed by atoms with Crippen molar-refractivity contribution >= 4 is 50.0 Å². The number of amides is 1. The standard InChI is InChI=1S/C20H18ClFN2O4S2/c1-12-2-5-14(8-16(12)22)24-17-10-30(26,27)11-18(17)29-20(24)23-19(25)9-28-15-6-3-13(21)4-7-15/h2-8,17-18H,9-11H2,1H3. The number of hydrogen-bond acceptors (Lipinski definition) is 5. The van der Waals surface area contributed by atoms with Gasteiger partial charge in [-0.05, 0) is 48.9 Å². The Morgan fingerprint density at radius 3 is 2.70 bits per heavy atom. The summed E-state index contributed by atoms with van der Waals surface area (Å²) in [6, 6.07) is 10.8. The third-order valence-corrected chi connectivity index (χ3v) is 8.36. The second kappa shape index (κ2) is 8.20. The van der Waals surface area contributed by atoms with Crippen LogP contribution < -0.4 is 9.64 Å². The Bertz CT molecular complexity index is 1120. The van der Waals surface area contributed by atoms with Crippen LogP contribution >= 0.6 is 23.4 Å². The van der Waals surface area contributed by atoms with Crippen LogP contribution in [0.2, 0.25) is 5.02 Å². The average molecular weight is 469 g/mol. The van der Waals surface area contributed by atoms with Gasteiger partial charge in [0.2, 0.25) is 0 Å². The number of hydrogen-bond donors (Lipinski definition) is 0. The second-order valence-corrected chi connectivity index (χ2v) is 10.9. The highest BCUT2D eigenvalue weighted by Gasteiger charge is 2.49. The van der Waals surface area contributed by atoms with Crippen molar-refractivity contribution < 1.29 is 22.3 Å². The molecule has 0 aliphatic carbocycles. The van der Waals surface area contributed by atoms with Crippen molar-refractivity contribution in [3.8, 4) is 5.75 Å². The molecular formula is C20H18ClFN2O4S2. The van der Waals surface area contributed by atoms with Crippen LogP contribution in [0.25, 0.3) is 0 Å². The molecule has 0 radical (unpaired) electrons. The van der Waals surface area contributed by atoms with Crippen LogP contribution in [0.4, 0.5) is 10.1 Å². The Labute approximate surface area is 183 Å². The third kappa shape index (κ3) is 4.48. The van der Waals surface area contributed by atoms with Gasteiger partial charge in [0, 0.05) is 16.0 Å². The molecule has 2 saturated heterocycles. The molecule has 158 valence electrons. The highest BCUT2D eigenvalue weighted by Crippen LogP contribution is 2.41. The molecule has 2 unspecified atom stereocenters. The van der Waals surface area contributed by atoms with Crippen LogP contribution in [-0.2, 0) is 14.6 Å². The van der Waals surface area contributed by atoms with E-state index < -0.39 is 27.6 Å². The van der Waals surface area contributed by atoms with Crippen molar-refractivity contribution in [2.24, 2.45) is 4.99 Å². The zero-order valence-electron chi connectivity index (χ0n) is 15.9. The molecule has 0 N–H and O–H groups in total. The van der Waals surface area contributed by atoms with E-state index in [1.54, 1.807) is 48.2 Å². The van der Waals surface area contributed by atoms with Crippen LogP contribution in [0.1, 0.15) is 5.56 Å². The largest absolute Gasteiger partial charge is 0.484 e. The maximum Gasteiger partial charge on any atom is 0.285 e. The maximum atomic E-state index is 14.2. The van der Waals surface area contributed by atoms with Gasteiger partial charge in [-0.25, -0.2) is 12.8 Å². The lowest BCUT2D eigenvalue weighted by Gasteiger charge is -2.24. The summed E-state index contributed by atoms with van der Waals surface area (Å²) in [6.45, 7) is 1.36. The first-order valence-corrected chi connectivity index (χ1v) is 12.2. The number of sulfone groups is 1. The lowest BCUT2D eigenvalue weighted by molar-refractivity contribution is -0.119. The van der Waals surface area contributed by atoms with Crippen LogP contribution in [0, 0.1) is 12.7 Å². The average Bonchev–Trinajstić information content (AvgIpc) is 3.14. The SMILES string of the molecule is Cc1ccc(N2C(=NC(=O)COc3ccc(Cl)cc3)SC3CS(=O)(=O)CC32)cc1F. The minimum Gasteiger partial charge on any atom is -0.484 e. The van der Waals surface area contributed by atoms with Gasteiger partial charge >= 0.3 is 0 Å². The molecule has 2 fully saturated rings. The van der Waals surface area contributed by atoms with E-state index in [9.17, 15) is 17.6 Å². The van der Waals surface area contributed by atoms with E-state index in [1.807, 2.05) is 0 Å². The zero-order chi connectivity index (χ0) is 21.5. The molecule has 2 aromatic carbocycles. The van der Waals surface area contributed by atoms with Gasteiger partial charge in [-0.15, -0.1) is 0 Å². The van der Waals surface area contributed by atoms with Crippen LogP contribution in [0.3, 0.4) is 0 Å². The number of aliphatic imine (C=N–C) groups is 1. The third-order valence-electron chi connectivity index (χ3n) is 4.90. The molecular weight excluding hydrogens is 451 g/mol. The van der Waals surface area contributed by atoms with E-state index in [-0.39, 0.29) is 23.4 Å². The second-order valence-electron chi connectivity index (χ2n) is 7.13. The number of carbonyl (C=O) groups excluding carboxylic acids is 1. The molecule has 2 aliphatic heterocycles. The van der Waals surface area contributed by atoms with E-state index in [0.717, 1.165) is 0 Å². The van der Waals surface area contributed by atoms with Crippen molar-refractivity contribution in [3.63, 3.8) is 0 Å². The summed E-state index contributed by atoms with van der Waals surface area (Å²) in [4.78, 5) is 18.2. The number of anilines is 1. The summed E-state index contributed by atoms with van der Waals surface area (Å²) in [7, 11) is -3.20. The first kappa shape index (κ1) is 21.1.